The van der Waals surface area contributed by atoms with Crippen LogP contribution in [0.3, 0.4) is 0 Å². The quantitative estimate of drug-likeness (QED) is 0.575. The van der Waals surface area contributed by atoms with E-state index in [1.165, 1.54) is 6.07 Å². The smallest absolute Gasteiger partial charge is 0.337 e. The Bertz CT molecular complexity index is 325. The third kappa shape index (κ3) is 2.15. The second-order valence-corrected chi connectivity index (χ2v) is 3.76. The lowest BCUT2D eigenvalue weighted by Crippen LogP contribution is -2.03. The predicted octanol–water partition coefficient (Wildman–Crippen LogP) is 2.08. The molecule has 0 atom stereocenters. The van der Waals surface area contributed by atoms with Crippen molar-refractivity contribution in [3.63, 3.8) is 0 Å². The fourth-order valence-corrected chi connectivity index (χ4v) is 1.76. The van der Waals surface area contributed by atoms with Crippen LogP contribution in [-0.4, -0.2) is 16.8 Å². The van der Waals surface area contributed by atoms with E-state index in [1.807, 2.05) is 13.0 Å². The summed E-state index contributed by atoms with van der Waals surface area (Å²) in [4.78, 5) is 11.5. The lowest BCUT2D eigenvalue weighted by atomic mass is 10.2. The number of thioether (sulfide) groups is 1. The van der Waals surface area contributed by atoms with Crippen LogP contribution in [0.15, 0.2) is 23.1 Å². The minimum absolute atomic E-state index is 0.179. The third-order valence-corrected chi connectivity index (χ3v) is 2.55. The highest BCUT2D eigenvalue weighted by molar-refractivity contribution is 7.99. The first-order valence-electron chi connectivity index (χ1n) is 3.91. The van der Waals surface area contributed by atoms with Gasteiger partial charge >= 0.3 is 5.97 Å². The average Bonchev–Trinajstić information content (AvgIpc) is 2.08. The fourth-order valence-electron chi connectivity index (χ4n) is 1.01. The van der Waals surface area contributed by atoms with Crippen LogP contribution in [-0.2, 0) is 0 Å². The molecular formula is C9H11NO2S. The molecule has 0 unspecified atom stereocenters. The summed E-state index contributed by atoms with van der Waals surface area (Å²) in [5, 5.41) is 8.77. The van der Waals surface area contributed by atoms with E-state index in [9.17, 15) is 4.79 Å². The van der Waals surface area contributed by atoms with E-state index in [1.54, 1.807) is 17.8 Å². The molecule has 0 bridgehead atoms. The van der Waals surface area contributed by atoms with Crippen LogP contribution in [0.25, 0.3) is 0 Å². The topological polar surface area (TPSA) is 63.3 Å². The van der Waals surface area contributed by atoms with Gasteiger partial charge in [0, 0.05) is 4.90 Å². The van der Waals surface area contributed by atoms with Crippen molar-refractivity contribution < 1.29 is 9.90 Å². The molecule has 1 aromatic rings. The Morgan fingerprint density at radius 2 is 2.31 bits per heavy atom. The Hall–Kier alpha value is -1.16. The van der Waals surface area contributed by atoms with E-state index < -0.39 is 5.97 Å². The van der Waals surface area contributed by atoms with Crippen molar-refractivity contribution in [1.82, 2.24) is 0 Å². The number of carboxylic acids is 1. The maximum Gasteiger partial charge on any atom is 0.337 e. The van der Waals surface area contributed by atoms with Gasteiger partial charge in [-0.15, -0.1) is 11.8 Å². The first-order chi connectivity index (χ1) is 6.16. The van der Waals surface area contributed by atoms with Gasteiger partial charge in [-0.1, -0.05) is 13.0 Å². The van der Waals surface area contributed by atoms with Crippen molar-refractivity contribution in [1.29, 1.82) is 0 Å². The van der Waals surface area contributed by atoms with Gasteiger partial charge in [0.1, 0.15) is 0 Å². The molecule has 0 aromatic heterocycles. The Kier molecular flexibility index (Phi) is 3.19. The Labute approximate surface area is 80.9 Å². The van der Waals surface area contributed by atoms with Gasteiger partial charge in [-0.3, -0.25) is 0 Å². The Balaban J connectivity index is 3.10. The minimum Gasteiger partial charge on any atom is -0.478 e. The molecule has 70 valence electrons. The molecule has 0 radical (unpaired) electrons. The third-order valence-electron chi connectivity index (χ3n) is 1.60. The molecule has 13 heavy (non-hydrogen) atoms. The number of carbonyl (C=O) groups is 1. The normalized spacial score (nSPS) is 9.92. The molecule has 0 aliphatic carbocycles. The van der Waals surface area contributed by atoms with Gasteiger partial charge in [0.15, 0.2) is 0 Å². The second-order valence-electron chi connectivity index (χ2n) is 2.46. The SMILES string of the molecule is CCSc1cccc(C(=O)O)c1N. The molecule has 3 N–H and O–H groups in total. The number of para-hydroxylation sites is 1. The Morgan fingerprint density at radius 1 is 1.62 bits per heavy atom. The van der Waals surface area contributed by atoms with Crippen LogP contribution in [0.5, 0.6) is 0 Å². The summed E-state index contributed by atoms with van der Waals surface area (Å²) in [6.45, 7) is 2.00. The lowest BCUT2D eigenvalue weighted by molar-refractivity contribution is 0.0698. The molecule has 1 rings (SSSR count). The van der Waals surface area contributed by atoms with Gasteiger partial charge in [-0.05, 0) is 17.9 Å². The monoisotopic (exact) mass is 197 g/mol. The van der Waals surface area contributed by atoms with Crippen molar-refractivity contribution in [3.8, 4) is 0 Å². The highest BCUT2D eigenvalue weighted by atomic mass is 32.2. The summed E-state index contributed by atoms with van der Waals surface area (Å²) in [6, 6.07) is 5.05. The van der Waals surface area contributed by atoms with E-state index in [-0.39, 0.29) is 5.56 Å². The molecular weight excluding hydrogens is 186 g/mol. The molecule has 0 saturated heterocycles. The van der Waals surface area contributed by atoms with Crippen LogP contribution in [0.2, 0.25) is 0 Å². The van der Waals surface area contributed by atoms with Gasteiger partial charge in [0.05, 0.1) is 11.3 Å². The lowest BCUT2D eigenvalue weighted by Gasteiger charge is -2.05. The molecule has 0 fully saturated rings. The molecule has 3 nitrogen and oxygen atoms in total. The van der Waals surface area contributed by atoms with Gasteiger partial charge < -0.3 is 10.8 Å². The van der Waals surface area contributed by atoms with Gasteiger partial charge in [-0.2, -0.15) is 0 Å². The molecule has 4 heteroatoms. The predicted molar refractivity (Wildman–Crippen MR) is 54.2 cm³/mol. The maximum atomic E-state index is 10.7. The molecule has 0 spiro atoms. The van der Waals surface area contributed by atoms with Crippen molar-refractivity contribution in [2.24, 2.45) is 0 Å². The highest BCUT2D eigenvalue weighted by Crippen LogP contribution is 2.27. The van der Waals surface area contributed by atoms with Crippen LogP contribution in [0.4, 0.5) is 5.69 Å². The van der Waals surface area contributed by atoms with Crippen LogP contribution in [0.1, 0.15) is 17.3 Å². The number of carboxylic acid groups (broad SMARTS) is 1. The number of anilines is 1. The molecule has 0 aliphatic heterocycles. The average molecular weight is 197 g/mol. The van der Waals surface area contributed by atoms with Gasteiger partial charge in [-0.25, -0.2) is 4.79 Å². The first-order valence-corrected chi connectivity index (χ1v) is 4.90. The summed E-state index contributed by atoms with van der Waals surface area (Å²) >= 11 is 1.55. The van der Waals surface area contributed by atoms with Crippen molar-refractivity contribution >= 4 is 23.4 Å². The van der Waals surface area contributed by atoms with E-state index in [4.69, 9.17) is 10.8 Å². The molecule has 0 saturated carbocycles. The zero-order valence-electron chi connectivity index (χ0n) is 7.28. The standard InChI is InChI=1S/C9H11NO2S/c1-2-13-7-5-3-4-6(8(7)10)9(11)12/h3-5H,2,10H2,1H3,(H,11,12). The van der Waals surface area contributed by atoms with Crippen LogP contribution >= 0.6 is 11.8 Å². The minimum atomic E-state index is -0.976. The molecule has 0 aliphatic rings. The largest absolute Gasteiger partial charge is 0.478 e. The number of nitrogen functional groups attached to an aromatic ring is 1. The number of nitrogens with two attached hydrogens (primary N) is 1. The summed E-state index contributed by atoms with van der Waals surface area (Å²) in [5.74, 6) is -0.0937. The summed E-state index contributed by atoms with van der Waals surface area (Å²) in [7, 11) is 0. The summed E-state index contributed by atoms with van der Waals surface area (Å²) < 4.78 is 0. The fraction of sp³-hybridized carbons (Fsp3) is 0.222. The summed E-state index contributed by atoms with van der Waals surface area (Å²) in [6.07, 6.45) is 0. The number of benzene rings is 1. The molecule has 1 aromatic carbocycles. The maximum absolute atomic E-state index is 10.7. The van der Waals surface area contributed by atoms with E-state index in [0.29, 0.717) is 5.69 Å². The van der Waals surface area contributed by atoms with Crippen molar-refractivity contribution in [2.45, 2.75) is 11.8 Å². The van der Waals surface area contributed by atoms with Crippen LogP contribution in [0, 0.1) is 0 Å². The zero-order valence-corrected chi connectivity index (χ0v) is 8.10. The molecule has 0 amide bonds. The van der Waals surface area contributed by atoms with Crippen molar-refractivity contribution in [2.75, 3.05) is 11.5 Å². The zero-order chi connectivity index (χ0) is 9.84. The summed E-state index contributed by atoms with van der Waals surface area (Å²) in [5.41, 5.74) is 6.21. The number of hydrogen-bond donors (Lipinski definition) is 2. The van der Waals surface area contributed by atoms with E-state index in [0.717, 1.165) is 10.6 Å². The van der Waals surface area contributed by atoms with E-state index >= 15 is 0 Å². The van der Waals surface area contributed by atoms with Crippen LogP contribution < -0.4 is 5.73 Å². The van der Waals surface area contributed by atoms with Crippen molar-refractivity contribution in [3.05, 3.63) is 23.8 Å². The second kappa shape index (κ2) is 4.18. The van der Waals surface area contributed by atoms with Gasteiger partial charge in [0.2, 0.25) is 0 Å². The van der Waals surface area contributed by atoms with Gasteiger partial charge in [0.25, 0.3) is 0 Å². The van der Waals surface area contributed by atoms with E-state index in [2.05, 4.69) is 0 Å². The number of aromatic carboxylic acids is 1. The number of hydrogen-bond acceptors (Lipinski definition) is 3. The highest BCUT2D eigenvalue weighted by Gasteiger charge is 2.10. The Morgan fingerprint density at radius 3 is 2.85 bits per heavy atom. The molecule has 0 heterocycles. The first kappa shape index (κ1) is 9.92. The number of rotatable bonds is 3.